The van der Waals surface area contributed by atoms with E-state index in [9.17, 15) is 9.59 Å². The molecule has 162 valence electrons. The number of benzene rings is 1. The zero-order valence-electron chi connectivity index (χ0n) is 17.5. The predicted octanol–water partition coefficient (Wildman–Crippen LogP) is 3.04. The van der Waals surface area contributed by atoms with Crippen molar-refractivity contribution in [2.75, 3.05) is 45.8 Å². The molecule has 0 saturated carbocycles. The molecule has 1 unspecified atom stereocenters. The lowest BCUT2D eigenvalue weighted by molar-refractivity contribution is -0.150. The number of ether oxygens (including phenoxy) is 3. The average Bonchev–Trinajstić information content (AvgIpc) is 3.21. The second-order valence-electron chi connectivity index (χ2n) is 6.98. The SMILES string of the molecule is CCOC(=O)C1CCCN(CC(=O)Nc2nc(-c3ccc(OC)cc3OC)cs2)C1. The standard InChI is InChI=1S/C21H27N3O5S/c1-4-29-20(26)14-6-5-9-24(11-14)12-19(25)23-21-22-17(13-30-21)16-8-7-15(27-2)10-18(16)28-3/h7-8,10,13-14H,4-6,9,11-12H2,1-3H3,(H,22,23,25). The highest BCUT2D eigenvalue weighted by molar-refractivity contribution is 7.14. The van der Waals surface area contributed by atoms with E-state index in [1.54, 1.807) is 27.2 Å². The Morgan fingerprint density at radius 1 is 1.30 bits per heavy atom. The van der Waals surface area contributed by atoms with Crippen LogP contribution in [-0.4, -0.2) is 62.2 Å². The Bertz CT molecular complexity index is 885. The van der Waals surface area contributed by atoms with E-state index in [0.717, 1.165) is 30.6 Å². The van der Waals surface area contributed by atoms with Gasteiger partial charge in [-0.15, -0.1) is 11.3 Å². The number of nitrogens with zero attached hydrogens (tertiary/aromatic N) is 2. The minimum absolute atomic E-state index is 0.151. The Hall–Kier alpha value is -2.65. The van der Waals surface area contributed by atoms with E-state index >= 15 is 0 Å². The first kappa shape index (κ1) is 22.0. The number of rotatable bonds is 8. The molecule has 0 radical (unpaired) electrons. The van der Waals surface area contributed by atoms with Crippen LogP contribution in [0.3, 0.4) is 0 Å². The van der Waals surface area contributed by atoms with Gasteiger partial charge in [-0.2, -0.15) is 0 Å². The molecule has 8 nitrogen and oxygen atoms in total. The molecule has 1 aromatic carbocycles. The van der Waals surface area contributed by atoms with Gasteiger partial charge in [0, 0.05) is 23.6 Å². The molecule has 1 amide bonds. The normalized spacial score (nSPS) is 16.7. The lowest BCUT2D eigenvalue weighted by atomic mass is 9.98. The maximum Gasteiger partial charge on any atom is 0.310 e. The van der Waals surface area contributed by atoms with Gasteiger partial charge in [-0.25, -0.2) is 4.98 Å². The van der Waals surface area contributed by atoms with Crippen LogP contribution in [0.1, 0.15) is 19.8 Å². The number of amides is 1. The van der Waals surface area contributed by atoms with Crippen molar-refractivity contribution in [3.8, 4) is 22.8 Å². The minimum atomic E-state index is -0.180. The highest BCUT2D eigenvalue weighted by atomic mass is 32.1. The molecule has 1 saturated heterocycles. The molecule has 2 aromatic rings. The van der Waals surface area contributed by atoms with Crippen molar-refractivity contribution in [3.63, 3.8) is 0 Å². The molecule has 0 bridgehead atoms. The van der Waals surface area contributed by atoms with Gasteiger partial charge in [0.05, 0.1) is 39.0 Å². The van der Waals surface area contributed by atoms with Crippen molar-refractivity contribution in [1.82, 2.24) is 9.88 Å². The predicted molar refractivity (Wildman–Crippen MR) is 115 cm³/mol. The molecule has 30 heavy (non-hydrogen) atoms. The molecule has 1 atom stereocenters. The lowest BCUT2D eigenvalue weighted by Gasteiger charge is -2.30. The number of hydrogen-bond acceptors (Lipinski definition) is 8. The molecule has 0 aliphatic carbocycles. The summed E-state index contributed by atoms with van der Waals surface area (Å²) < 4.78 is 15.8. The van der Waals surface area contributed by atoms with E-state index in [1.807, 2.05) is 22.4 Å². The van der Waals surface area contributed by atoms with Crippen LogP contribution in [0, 0.1) is 5.92 Å². The van der Waals surface area contributed by atoms with Gasteiger partial charge in [0.25, 0.3) is 0 Å². The molecule has 1 N–H and O–H groups in total. The quantitative estimate of drug-likeness (QED) is 0.640. The zero-order chi connectivity index (χ0) is 21.5. The summed E-state index contributed by atoms with van der Waals surface area (Å²) in [6, 6.07) is 5.51. The highest BCUT2D eigenvalue weighted by Crippen LogP contribution is 2.34. The fourth-order valence-electron chi connectivity index (χ4n) is 3.48. The summed E-state index contributed by atoms with van der Waals surface area (Å²) in [4.78, 5) is 31.0. The number of aromatic nitrogens is 1. The van der Waals surface area contributed by atoms with Crippen LogP contribution in [0.2, 0.25) is 0 Å². The highest BCUT2D eigenvalue weighted by Gasteiger charge is 2.27. The van der Waals surface area contributed by atoms with E-state index in [-0.39, 0.29) is 24.3 Å². The Labute approximate surface area is 180 Å². The summed E-state index contributed by atoms with van der Waals surface area (Å²) in [7, 11) is 3.19. The topological polar surface area (TPSA) is 90.0 Å². The average molecular weight is 434 g/mol. The van der Waals surface area contributed by atoms with Crippen molar-refractivity contribution in [3.05, 3.63) is 23.6 Å². The van der Waals surface area contributed by atoms with Gasteiger partial charge in [0.1, 0.15) is 11.5 Å². The number of carbonyl (C=O) groups is 2. The smallest absolute Gasteiger partial charge is 0.310 e. The molecule has 1 aliphatic rings. The molecule has 3 rings (SSSR count). The Kier molecular flexibility index (Phi) is 7.64. The number of methoxy groups -OCH3 is 2. The van der Waals surface area contributed by atoms with Gasteiger partial charge in [0.2, 0.25) is 5.91 Å². The fourth-order valence-corrected chi connectivity index (χ4v) is 4.21. The number of anilines is 1. The van der Waals surface area contributed by atoms with Crippen molar-refractivity contribution in [1.29, 1.82) is 0 Å². The summed E-state index contributed by atoms with van der Waals surface area (Å²) in [5.74, 6) is 0.848. The van der Waals surface area contributed by atoms with Gasteiger partial charge in [-0.1, -0.05) is 0 Å². The summed E-state index contributed by atoms with van der Waals surface area (Å²) in [6.45, 7) is 3.72. The Morgan fingerprint density at radius 3 is 2.87 bits per heavy atom. The van der Waals surface area contributed by atoms with Crippen molar-refractivity contribution in [2.45, 2.75) is 19.8 Å². The summed E-state index contributed by atoms with van der Waals surface area (Å²) >= 11 is 1.35. The molecule has 1 aromatic heterocycles. The Balaban J connectivity index is 1.59. The molecule has 0 spiro atoms. The van der Waals surface area contributed by atoms with Crippen LogP contribution in [0.4, 0.5) is 5.13 Å². The van der Waals surface area contributed by atoms with Crippen molar-refractivity contribution < 1.29 is 23.8 Å². The number of nitrogens with one attached hydrogen (secondary N) is 1. The van der Waals surface area contributed by atoms with Crippen LogP contribution in [-0.2, 0) is 14.3 Å². The Morgan fingerprint density at radius 2 is 2.13 bits per heavy atom. The second kappa shape index (κ2) is 10.4. The lowest BCUT2D eigenvalue weighted by Crippen LogP contribution is -2.43. The molecule has 1 fully saturated rings. The van der Waals surface area contributed by atoms with Crippen LogP contribution in [0.25, 0.3) is 11.3 Å². The van der Waals surface area contributed by atoms with Crippen LogP contribution in [0.5, 0.6) is 11.5 Å². The fraction of sp³-hybridized carbons (Fsp3) is 0.476. The number of carbonyl (C=O) groups excluding carboxylic acids is 2. The van der Waals surface area contributed by atoms with Crippen LogP contribution in [0.15, 0.2) is 23.6 Å². The van der Waals surface area contributed by atoms with E-state index < -0.39 is 0 Å². The van der Waals surface area contributed by atoms with Gasteiger partial charge in [-0.3, -0.25) is 14.5 Å². The van der Waals surface area contributed by atoms with Gasteiger partial charge in [0.15, 0.2) is 5.13 Å². The number of hydrogen-bond donors (Lipinski definition) is 1. The molecule has 1 aliphatic heterocycles. The third-order valence-corrected chi connectivity index (χ3v) is 5.69. The zero-order valence-corrected chi connectivity index (χ0v) is 18.3. The molecule has 2 heterocycles. The molecular weight excluding hydrogens is 406 g/mol. The monoisotopic (exact) mass is 433 g/mol. The third-order valence-electron chi connectivity index (χ3n) is 4.93. The summed E-state index contributed by atoms with van der Waals surface area (Å²) in [5, 5.41) is 5.25. The van der Waals surface area contributed by atoms with Gasteiger partial charge < -0.3 is 19.5 Å². The van der Waals surface area contributed by atoms with Crippen molar-refractivity contribution >= 4 is 28.3 Å². The van der Waals surface area contributed by atoms with E-state index in [4.69, 9.17) is 14.2 Å². The maximum absolute atomic E-state index is 12.5. The summed E-state index contributed by atoms with van der Waals surface area (Å²) in [6.07, 6.45) is 1.67. The van der Waals surface area contributed by atoms with E-state index in [1.165, 1.54) is 11.3 Å². The first-order valence-corrected chi connectivity index (χ1v) is 10.8. The van der Waals surface area contributed by atoms with Gasteiger partial charge >= 0.3 is 5.97 Å². The number of thiazole rings is 1. The molecular formula is C21H27N3O5S. The second-order valence-corrected chi connectivity index (χ2v) is 7.84. The van der Waals surface area contributed by atoms with E-state index in [2.05, 4.69) is 10.3 Å². The minimum Gasteiger partial charge on any atom is -0.497 e. The number of piperidine rings is 1. The van der Waals surface area contributed by atoms with E-state index in [0.29, 0.717) is 29.8 Å². The van der Waals surface area contributed by atoms with Crippen LogP contribution < -0.4 is 14.8 Å². The van der Waals surface area contributed by atoms with Gasteiger partial charge in [-0.05, 0) is 38.4 Å². The summed E-state index contributed by atoms with van der Waals surface area (Å²) in [5.41, 5.74) is 1.54. The number of esters is 1. The first-order valence-electron chi connectivity index (χ1n) is 9.90. The third kappa shape index (κ3) is 5.48. The maximum atomic E-state index is 12.5. The van der Waals surface area contributed by atoms with Crippen molar-refractivity contribution in [2.24, 2.45) is 5.92 Å². The number of likely N-dealkylation sites (tertiary alicyclic amines) is 1. The van der Waals surface area contributed by atoms with Crippen LogP contribution >= 0.6 is 11.3 Å². The largest absolute Gasteiger partial charge is 0.497 e. The first-order chi connectivity index (χ1) is 14.5. The molecule has 9 heteroatoms.